The van der Waals surface area contributed by atoms with Crippen LogP contribution in [-0.2, 0) is 6.18 Å². The second-order valence-electron chi connectivity index (χ2n) is 4.57. The molecule has 1 aromatic heterocycles. The molecule has 0 saturated carbocycles. The molecule has 0 aliphatic heterocycles. The Labute approximate surface area is 110 Å². The van der Waals surface area contributed by atoms with E-state index in [0.717, 1.165) is 12.1 Å². The number of halogens is 3. The van der Waals surface area contributed by atoms with E-state index in [2.05, 4.69) is 15.6 Å². The van der Waals surface area contributed by atoms with Crippen LogP contribution < -0.4 is 10.6 Å². The van der Waals surface area contributed by atoms with Crippen molar-refractivity contribution >= 4 is 11.6 Å². The first-order valence-electron chi connectivity index (χ1n) is 5.90. The molecule has 1 atom stereocenters. The molecule has 7 heteroatoms. The molecule has 0 saturated heterocycles. The molecule has 1 heterocycles. The summed E-state index contributed by atoms with van der Waals surface area (Å²) >= 11 is 0. The number of rotatable bonds is 5. The fourth-order valence-electron chi connectivity index (χ4n) is 1.44. The highest BCUT2D eigenvalue weighted by Gasteiger charge is 2.32. The Morgan fingerprint density at radius 2 is 1.84 bits per heavy atom. The molecule has 4 nitrogen and oxygen atoms in total. The Morgan fingerprint density at radius 3 is 2.26 bits per heavy atom. The van der Waals surface area contributed by atoms with Crippen LogP contribution >= 0.6 is 0 Å². The van der Waals surface area contributed by atoms with Crippen LogP contribution in [0.2, 0.25) is 0 Å². The smallest absolute Gasteiger partial charge is 0.394 e. The molecule has 3 N–H and O–H groups in total. The molecule has 0 spiro atoms. The summed E-state index contributed by atoms with van der Waals surface area (Å²) in [5, 5.41) is 14.7. The number of anilines is 2. The van der Waals surface area contributed by atoms with E-state index < -0.39 is 17.3 Å². The van der Waals surface area contributed by atoms with Crippen molar-refractivity contribution in [3.05, 3.63) is 17.7 Å². The largest absolute Gasteiger partial charge is 0.416 e. The van der Waals surface area contributed by atoms with Gasteiger partial charge in [-0.1, -0.05) is 6.92 Å². The van der Waals surface area contributed by atoms with Crippen molar-refractivity contribution in [2.75, 3.05) is 24.3 Å². The molecule has 0 aliphatic rings. The van der Waals surface area contributed by atoms with Crippen molar-refractivity contribution in [3.63, 3.8) is 0 Å². The van der Waals surface area contributed by atoms with E-state index in [9.17, 15) is 18.3 Å². The van der Waals surface area contributed by atoms with E-state index in [0.29, 0.717) is 6.42 Å². The summed E-state index contributed by atoms with van der Waals surface area (Å²) in [6.07, 6.45) is -3.89. The van der Waals surface area contributed by atoms with Gasteiger partial charge in [0.25, 0.3) is 0 Å². The Hall–Kier alpha value is -1.50. The van der Waals surface area contributed by atoms with Gasteiger partial charge in [0.15, 0.2) is 0 Å². The Balaban J connectivity index is 3.14. The van der Waals surface area contributed by atoms with Crippen LogP contribution in [0.3, 0.4) is 0 Å². The van der Waals surface area contributed by atoms with Crippen molar-refractivity contribution in [2.24, 2.45) is 0 Å². The van der Waals surface area contributed by atoms with Gasteiger partial charge in [-0.05, 0) is 25.5 Å². The lowest BCUT2D eigenvalue weighted by molar-refractivity contribution is -0.137. The number of aromatic nitrogens is 1. The molecule has 1 rings (SSSR count). The minimum atomic E-state index is -4.44. The lowest BCUT2D eigenvalue weighted by Crippen LogP contribution is -2.38. The van der Waals surface area contributed by atoms with Gasteiger partial charge in [0.2, 0.25) is 0 Å². The van der Waals surface area contributed by atoms with Gasteiger partial charge in [-0.25, -0.2) is 4.98 Å². The van der Waals surface area contributed by atoms with Gasteiger partial charge in [0.05, 0.1) is 17.7 Å². The number of aliphatic hydroxyl groups excluding tert-OH is 1. The Kier molecular flexibility index (Phi) is 4.62. The Morgan fingerprint density at radius 1 is 1.26 bits per heavy atom. The van der Waals surface area contributed by atoms with Gasteiger partial charge in [-0.15, -0.1) is 0 Å². The van der Waals surface area contributed by atoms with Crippen molar-refractivity contribution < 1.29 is 18.3 Å². The lowest BCUT2D eigenvalue weighted by atomic mass is 10.0. The minimum absolute atomic E-state index is 0.0811. The van der Waals surface area contributed by atoms with E-state index in [4.69, 9.17) is 0 Å². The number of pyridine rings is 1. The van der Waals surface area contributed by atoms with Gasteiger partial charge in [-0.2, -0.15) is 13.2 Å². The number of alkyl halides is 3. The average molecular weight is 277 g/mol. The molecule has 0 bridgehead atoms. The highest BCUT2D eigenvalue weighted by molar-refractivity contribution is 5.50. The molecule has 108 valence electrons. The van der Waals surface area contributed by atoms with Crippen molar-refractivity contribution in [3.8, 4) is 0 Å². The topological polar surface area (TPSA) is 57.2 Å². The third-order valence-corrected chi connectivity index (χ3v) is 2.97. The van der Waals surface area contributed by atoms with Crippen LogP contribution in [0.1, 0.15) is 25.8 Å². The Bertz CT molecular complexity index is 431. The average Bonchev–Trinajstić information content (AvgIpc) is 2.37. The number of nitrogens with one attached hydrogen (secondary N) is 2. The van der Waals surface area contributed by atoms with Crippen LogP contribution in [0, 0.1) is 0 Å². The van der Waals surface area contributed by atoms with E-state index in [1.807, 2.05) is 6.92 Å². The molecule has 1 aromatic rings. The van der Waals surface area contributed by atoms with Crippen molar-refractivity contribution in [1.82, 2.24) is 4.98 Å². The first-order chi connectivity index (χ1) is 8.74. The SMILES string of the molecule is CCC(C)(CO)Nc1cc(C(F)(F)F)cc(NC)n1. The molecular formula is C12H18F3N3O. The highest BCUT2D eigenvalue weighted by Crippen LogP contribution is 2.32. The summed E-state index contributed by atoms with van der Waals surface area (Å²) in [5.41, 5.74) is -1.49. The standard InChI is InChI=1S/C12H18F3N3O/c1-4-11(2,7-19)18-10-6-8(12(13,14)15)5-9(16-3)17-10/h5-6,19H,4,7H2,1-3H3,(H2,16,17,18). The fraction of sp³-hybridized carbons (Fsp3) is 0.583. The van der Waals surface area contributed by atoms with Crippen LogP contribution in [-0.4, -0.2) is 29.3 Å². The lowest BCUT2D eigenvalue weighted by Gasteiger charge is -2.28. The predicted octanol–water partition coefficient (Wildman–Crippen LogP) is 2.72. The highest BCUT2D eigenvalue weighted by atomic mass is 19.4. The van der Waals surface area contributed by atoms with E-state index in [-0.39, 0.29) is 18.2 Å². The van der Waals surface area contributed by atoms with Crippen LogP contribution in [0.4, 0.5) is 24.8 Å². The van der Waals surface area contributed by atoms with E-state index in [1.165, 1.54) is 7.05 Å². The van der Waals surface area contributed by atoms with Gasteiger partial charge in [-0.3, -0.25) is 0 Å². The molecular weight excluding hydrogens is 259 g/mol. The molecule has 0 amide bonds. The van der Waals surface area contributed by atoms with Gasteiger partial charge in [0.1, 0.15) is 11.6 Å². The predicted molar refractivity (Wildman–Crippen MR) is 68.2 cm³/mol. The molecule has 0 radical (unpaired) electrons. The van der Waals surface area contributed by atoms with Crippen LogP contribution in [0.25, 0.3) is 0 Å². The third-order valence-electron chi connectivity index (χ3n) is 2.97. The number of aliphatic hydroxyl groups is 1. The molecule has 0 aromatic carbocycles. The summed E-state index contributed by atoms with van der Waals surface area (Å²) in [5.74, 6) is 0.200. The molecule has 1 unspecified atom stereocenters. The summed E-state index contributed by atoms with van der Waals surface area (Å²) in [4.78, 5) is 4.01. The summed E-state index contributed by atoms with van der Waals surface area (Å²) in [6, 6.07) is 1.87. The second kappa shape index (κ2) is 5.64. The van der Waals surface area contributed by atoms with Crippen molar-refractivity contribution in [2.45, 2.75) is 32.0 Å². The zero-order valence-corrected chi connectivity index (χ0v) is 11.1. The maximum absolute atomic E-state index is 12.7. The molecule has 0 aliphatic carbocycles. The number of hydrogen-bond acceptors (Lipinski definition) is 4. The van der Waals surface area contributed by atoms with E-state index >= 15 is 0 Å². The van der Waals surface area contributed by atoms with Gasteiger partial charge < -0.3 is 15.7 Å². The summed E-state index contributed by atoms with van der Waals surface area (Å²) in [7, 11) is 1.50. The third kappa shape index (κ3) is 3.99. The fourth-order valence-corrected chi connectivity index (χ4v) is 1.44. The van der Waals surface area contributed by atoms with Gasteiger partial charge in [0, 0.05) is 7.05 Å². The normalized spacial score (nSPS) is 14.9. The zero-order valence-electron chi connectivity index (χ0n) is 11.1. The zero-order chi connectivity index (χ0) is 14.7. The summed E-state index contributed by atoms with van der Waals surface area (Å²) in [6.45, 7) is 3.35. The van der Waals surface area contributed by atoms with Gasteiger partial charge >= 0.3 is 6.18 Å². The quantitative estimate of drug-likeness (QED) is 0.774. The van der Waals surface area contributed by atoms with Crippen molar-refractivity contribution in [1.29, 1.82) is 0 Å². The van der Waals surface area contributed by atoms with Crippen LogP contribution in [0.15, 0.2) is 12.1 Å². The maximum atomic E-state index is 12.7. The number of hydrogen-bond donors (Lipinski definition) is 3. The second-order valence-corrected chi connectivity index (χ2v) is 4.57. The molecule has 0 fully saturated rings. The minimum Gasteiger partial charge on any atom is -0.394 e. The van der Waals surface area contributed by atoms with E-state index in [1.54, 1.807) is 6.92 Å². The maximum Gasteiger partial charge on any atom is 0.416 e. The monoisotopic (exact) mass is 277 g/mol. The first kappa shape index (κ1) is 15.6. The molecule has 19 heavy (non-hydrogen) atoms. The van der Waals surface area contributed by atoms with Crippen LogP contribution in [0.5, 0.6) is 0 Å². The summed E-state index contributed by atoms with van der Waals surface area (Å²) < 4.78 is 38.2. The first-order valence-corrected chi connectivity index (χ1v) is 5.90. The number of nitrogens with zero attached hydrogens (tertiary/aromatic N) is 1.